The highest BCUT2D eigenvalue weighted by molar-refractivity contribution is 5.80. The number of hydrogen-bond donors (Lipinski definition) is 1. The summed E-state index contributed by atoms with van der Waals surface area (Å²) in [4.78, 5) is 0. The zero-order valence-electron chi connectivity index (χ0n) is 11.6. The summed E-state index contributed by atoms with van der Waals surface area (Å²) in [5.41, 5.74) is 2.60. The first-order valence-corrected chi connectivity index (χ1v) is 6.73. The second-order valence-electron chi connectivity index (χ2n) is 4.65. The van der Waals surface area contributed by atoms with E-state index in [4.69, 9.17) is 4.74 Å². The third-order valence-electron chi connectivity index (χ3n) is 3.22. The zero-order valence-corrected chi connectivity index (χ0v) is 11.6. The maximum atomic E-state index is 5.02. The van der Waals surface area contributed by atoms with E-state index in [1.54, 1.807) is 7.11 Å². The average molecular weight is 258 g/mol. The fourth-order valence-corrected chi connectivity index (χ4v) is 2.19. The van der Waals surface area contributed by atoms with Gasteiger partial charge in [0.2, 0.25) is 0 Å². The van der Waals surface area contributed by atoms with Crippen molar-refractivity contribution >= 4 is 10.9 Å². The third-order valence-corrected chi connectivity index (χ3v) is 3.22. The summed E-state index contributed by atoms with van der Waals surface area (Å²) >= 11 is 0. The fraction of sp³-hybridized carbons (Fsp3) is 0.375. The number of nitrogens with one attached hydrogen (secondary N) is 1. The molecule has 1 aromatic heterocycles. The second-order valence-corrected chi connectivity index (χ2v) is 4.65. The quantitative estimate of drug-likeness (QED) is 0.582. The van der Waals surface area contributed by atoms with Crippen LogP contribution in [0.2, 0.25) is 0 Å². The molecule has 0 amide bonds. The van der Waals surface area contributed by atoms with E-state index in [9.17, 15) is 0 Å². The van der Waals surface area contributed by atoms with Crippen LogP contribution in [0, 0.1) is 0 Å². The average Bonchev–Trinajstić information content (AvgIpc) is 2.84. The molecule has 2 aromatic rings. The molecule has 0 bridgehead atoms. The van der Waals surface area contributed by atoms with Crippen LogP contribution in [0.15, 0.2) is 43.1 Å². The molecule has 1 aromatic carbocycles. The number of benzene rings is 1. The number of aryl methyl sites for hydroxylation is 1. The van der Waals surface area contributed by atoms with Crippen molar-refractivity contribution in [3.8, 4) is 0 Å². The molecule has 0 spiro atoms. The van der Waals surface area contributed by atoms with Crippen molar-refractivity contribution in [2.45, 2.75) is 19.5 Å². The molecule has 2 rings (SSSR count). The van der Waals surface area contributed by atoms with E-state index in [1.165, 1.54) is 16.5 Å². The Balaban J connectivity index is 2.02. The summed E-state index contributed by atoms with van der Waals surface area (Å²) in [6, 6.07) is 8.81. The number of allylic oxidation sites excluding steroid dienone is 1. The van der Waals surface area contributed by atoms with Gasteiger partial charge < -0.3 is 14.6 Å². The lowest BCUT2D eigenvalue weighted by atomic mass is 10.1. The van der Waals surface area contributed by atoms with Gasteiger partial charge in [0.05, 0.1) is 6.61 Å². The van der Waals surface area contributed by atoms with E-state index in [-0.39, 0.29) is 0 Å². The number of nitrogens with zero attached hydrogens (tertiary/aromatic N) is 1. The van der Waals surface area contributed by atoms with Crippen LogP contribution in [0.3, 0.4) is 0 Å². The van der Waals surface area contributed by atoms with E-state index in [2.05, 4.69) is 46.9 Å². The molecule has 3 nitrogen and oxygen atoms in total. The van der Waals surface area contributed by atoms with Gasteiger partial charge in [-0.2, -0.15) is 0 Å². The smallest absolute Gasteiger partial charge is 0.0587 e. The Labute approximate surface area is 114 Å². The van der Waals surface area contributed by atoms with Crippen molar-refractivity contribution in [2.24, 2.45) is 0 Å². The van der Waals surface area contributed by atoms with Crippen molar-refractivity contribution in [2.75, 3.05) is 20.3 Å². The zero-order chi connectivity index (χ0) is 13.5. The van der Waals surface area contributed by atoms with Crippen LogP contribution < -0.4 is 5.32 Å². The Morgan fingerprint density at radius 3 is 3.05 bits per heavy atom. The number of ether oxygens (including phenoxy) is 1. The SMILES string of the molecule is C=CCCn1ccc2cc(CNCCOC)ccc21. The molecule has 0 saturated carbocycles. The highest BCUT2D eigenvalue weighted by atomic mass is 16.5. The Hall–Kier alpha value is -1.58. The molecular formula is C16H22N2O. The lowest BCUT2D eigenvalue weighted by Crippen LogP contribution is -2.18. The summed E-state index contributed by atoms with van der Waals surface area (Å²) in [6.07, 6.45) is 5.11. The number of aromatic nitrogens is 1. The first-order valence-electron chi connectivity index (χ1n) is 6.73. The molecule has 0 aliphatic heterocycles. The van der Waals surface area contributed by atoms with Gasteiger partial charge in [-0.1, -0.05) is 12.1 Å². The maximum Gasteiger partial charge on any atom is 0.0587 e. The van der Waals surface area contributed by atoms with Crippen LogP contribution in [0.1, 0.15) is 12.0 Å². The van der Waals surface area contributed by atoms with Gasteiger partial charge in [0.15, 0.2) is 0 Å². The Bertz CT molecular complexity index is 531. The van der Waals surface area contributed by atoms with Crippen molar-refractivity contribution in [3.05, 3.63) is 48.7 Å². The van der Waals surface area contributed by atoms with Gasteiger partial charge in [-0.3, -0.25) is 0 Å². The molecule has 102 valence electrons. The van der Waals surface area contributed by atoms with Crippen molar-refractivity contribution in [1.82, 2.24) is 9.88 Å². The molecule has 0 saturated heterocycles. The predicted molar refractivity (Wildman–Crippen MR) is 80.3 cm³/mol. The summed E-state index contributed by atoms with van der Waals surface area (Å²) in [5, 5.41) is 4.66. The molecule has 0 fully saturated rings. The Morgan fingerprint density at radius 1 is 1.37 bits per heavy atom. The first-order chi connectivity index (χ1) is 9.35. The van der Waals surface area contributed by atoms with Gasteiger partial charge in [-0.05, 0) is 35.6 Å². The monoisotopic (exact) mass is 258 g/mol. The molecule has 0 radical (unpaired) electrons. The summed E-state index contributed by atoms with van der Waals surface area (Å²) in [6.45, 7) is 7.29. The van der Waals surface area contributed by atoms with Gasteiger partial charge in [0.25, 0.3) is 0 Å². The van der Waals surface area contributed by atoms with E-state index in [1.807, 2.05) is 6.08 Å². The molecule has 1 N–H and O–H groups in total. The van der Waals surface area contributed by atoms with Gasteiger partial charge in [0.1, 0.15) is 0 Å². The maximum absolute atomic E-state index is 5.02. The Morgan fingerprint density at radius 2 is 2.26 bits per heavy atom. The normalized spacial score (nSPS) is 11.0. The lowest BCUT2D eigenvalue weighted by molar-refractivity contribution is 0.199. The molecule has 1 heterocycles. The minimum Gasteiger partial charge on any atom is -0.383 e. The molecule has 0 aliphatic carbocycles. The van der Waals surface area contributed by atoms with Crippen molar-refractivity contribution < 1.29 is 4.74 Å². The number of hydrogen-bond acceptors (Lipinski definition) is 2. The third kappa shape index (κ3) is 3.69. The standard InChI is InChI=1S/C16H22N2O/c1-3-4-9-18-10-7-15-12-14(5-6-16(15)18)13-17-8-11-19-2/h3,5-7,10,12,17H,1,4,8-9,11,13H2,2H3. The number of methoxy groups -OCH3 is 1. The first kappa shape index (κ1) is 13.8. The van der Waals surface area contributed by atoms with Crippen LogP contribution in [-0.2, 0) is 17.8 Å². The van der Waals surface area contributed by atoms with Crippen molar-refractivity contribution in [1.29, 1.82) is 0 Å². The predicted octanol–water partition coefficient (Wildman–Crippen LogP) is 2.95. The Kier molecular flexibility index (Phi) is 5.19. The van der Waals surface area contributed by atoms with E-state index in [0.29, 0.717) is 0 Å². The van der Waals surface area contributed by atoms with Crippen LogP contribution in [0.4, 0.5) is 0 Å². The van der Waals surface area contributed by atoms with Gasteiger partial charge >= 0.3 is 0 Å². The van der Waals surface area contributed by atoms with E-state index < -0.39 is 0 Å². The summed E-state index contributed by atoms with van der Waals surface area (Å²) in [5.74, 6) is 0. The van der Waals surface area contributed by atoms with Crippen LogP contribution in [-0.4, -0.2) is 24.8 Å². The summed E-state index contributed by atoms with van der Waals surface area (Å²) < 4.78 is 7.29. The van der Waals surface area contributed by atoms with Gasteiger partial charge in [-0.15, -0.1) is 6.58 Å². The lowest BCUT2D eigenvalue weighted by Gasteiger charge is -2.06. The number of rotatable bonds is 8. The largest absolute Gasteiger partial charge is 0.383 e. The van der Waals surface area contributed by atoms with Crippen LogP contribution in [0.5, 0.6) is 0 Å². The topological polar surface area (TPSA) is 26.2 Å². The molecular weight excluding hydrogens is 236 g/mol. The summed E-state index contributed by atoms with van der Waals surface area (Å²) in [7, 11) is 1.72. The van der Waals surface area contributed by atoms with Crippen molar-refractivity contribution in [3.63, 3.8) is 0 Å². The molecule has 0 unspecified atom stereocenters. The highest BCUT2D eigenvalue weighted by Crippen LogP contribution is 2.18. The van der Waals surface area contributed by atoms with E-state index >= 15 is 0 Å². The number of fused-ring (bicyclic) bond motifs is 1. The molecule has 0 atom stereocenters. The molecule has 19 heavy (non-hydrogen) atoms. The second kappa shape index (κ2) is 7.12. The van der Waals surface area contributed by atoms with E-state index in [0.717, 1.165) is 32.7 Å². The highest BCUT2D eigenvalue weighted by Gasteiger charge is 2.01. The van der Waals surface area contributed by atoms with Crippen LogP contribution >= 0.6 is 0 Å². The molecule has 0 aliphatic rings. The van der Waals surface area contributed by atoms with Crippen LogP contribution in [0.25, 0.3) is 10.9 Å². The van der Waals surface area contributed by atoms with Gasteiger partial charge in [0, 0.05) is 38.5 Å². The molecule has 3 heteroatoms. The minimum absolute atomic E-state index is 0.750. The minimum atomic E-state index is 0.750. The fourth-order valence-electron chi connectivity index (χ4n) is 2.19. The van der Waals surface area contributed by atoms with Gasteiger partial charge in [-0.25, -0.2) is 0 Å².